The standard InChI is InChI=1S/C15H12FNO3/c16-10-4-3-5-11(8-10)17-15(18)14-9-19-12-6-1-2-7-13(12)20-14/h1-8,14H,9H2,(H,17,18)/t14-/m0/s1. The van der Waals surface area contributed by atoms with Crippen molar-refractivity contribution in [2.75, 3.05) is 11.9 Å². The van der Waals surface area contributed by atoms with Crippen molar-refractivity contribution in [3.8, 4) is 11.5 Å². The highest BCUT2D eigenvalue weighted by atomic mass is 19.1. The summed E-state index contributed by atoms with van der Waals surface area (Å²) < 4.78 is 24.1. The Hall–Kier alpha value is -2.56. The molecule has 5 heteroatoms. The normalized spacial score (nSPS) is 16.6. The first kappa shape index (κ1) is 12.5. The average molecular weight is 273 g/mol. The molecule has 1 amide bonds. The lowest BCUT2D eigenvalue weighted by atomic mass is 10.2. The first-order valence-corrected chi connectivity index (χ1v) is 6.17. The number of hydrogen-bond acceptors (Lipinski definition) is 3. The molecule has 2 aromatic rings. The van der Waals surface area contributed by atoms with Gasteiger partial charge in [0.05, 0.1) is 0 Å². The maximum atomic E-state index is 13.0. The lowest BCUT2D eigenvalue weighted by Gasteiger charge is -2.25. The van der Waals surface area contributed by atoms with E-state index in [0.717, 1.165) is 0 Å². The van der Waals surface area contributed by atoms with Crippen molar-refractivity contribution in [3.63, 3.8) is 0 Å². The predicted molar refractivity (Wildman–Crippen MR) is 71.4 cm³/mol. The number of rotatable bonds is 2. The van der Waals surface area contributed by atoms with Gasteiger partial charge < -0.3 is 14.8 Å². The van der Waals surface area contributed by atoms with Gasteiger partial charge in [0.25, 0.3) is 5.91 Å². The second-order valence-corrected chi connectivity index (χ2v) is 4.36. The van der Waals surface area contributed by atoms with Gasteiger partial charge in [-0.3, -0.25) is 4.79 Å². The van der Waals surface area contributed by atoms with Crippen molar-refractivity contribution in [2.45, 2.75) is 6.10 Å². The molecule has 2 aromatic carbocycles. The van der Waals surface area contributed by atoms with Crippen LogP contribution >= 0.6 is 0 Å². The molecule has 1 heterocycles. The molecule has 1 atom stereocenters. The summed E-state index contributed by atoms with van der Waals surface area (Å²) in [7, 11) is 0. The molecule has 1 N–H and O–H groups in total. The summed E-state index contributed by atoms with van der Waals surface area (Å²) in [6.07, 6.45) is -0.756. The lowest BCUT2D eigenvalue weighted by molar-refractivity contribution is -0.125. The SMILES string of the molecule is O=C(Nc1cccc(F)c1)[C@@H]1COc2ccccc2O1. The van der Waals surface area contributed by atoms with Gasteiger partial charge in [-0.1, -0.05) is 18.2 Å². The zero-order chi connectivity index (χ0) is 13.9. The molecule has 0 aliphatic carbocycles. The minimum Gasteiger partial charge on any atom is -0.485 e. The Morgan fingerprint density at radius 1 is 1.15 bits per heavy atom. The number of fused-ring (bicyclic) bond motifs is 1. The fourth-order valence-electron chi connectivity index (χ4n) is 1.94. The summed E-state index contributed by atoms with van der Waals surface area (Å²) in [6.45, 7) is 0.123. The van der Waals surface area contributed by atoms with Gasteiger partial charge in [-0.25, -0.2) is 4.39 Å². The number of para-hydroxylation sites is 2. The van der Waals surface area contributed by atoms with E-state index in [2.05, 4.69) is 5.32 Å². The molecule has 0 radical (unpaired) electrons. The molecule has 0 unspecified atom stereocenters. The molecule has 0 bridgehead atoms. The van der Waals surface area contributed by atoms with Crippen LogP contribution in [0.25, 0.3) is 0 Å². The van der Waals surface area contributed by atoms with Crippen LogP contribution in [0.15, 0.2) is 48.5 Å². The zero-order valence-corrected chi connectivity index (χ0v) is 10.5. The fraction of sp³-hybridized carbons (Fsp3) is 0.133. The maximum Gasteiger partial charge on any atom is 0.269 e. The van der Waals surface area contributed by atoms with Crippen molar-refractivity contribution >= 4 is 11.6 Å². The van der Waals surface area contributed by atoms with E-state index in [1.807, 2.05) is 6.07 Å². The van der Waals surface area contributed by atoms with Crippen LogP contribution < -0.4 is 14.8 Å². The van der Waals surface area contributed by atoms with Gasteiger partial charge in [-0.2, -0.15) is 0 Å². The highest BCUT2D eigenvalue weighted by molar-refractivity contribution is 5.94. The summed E-state index contributed by atoms with van der Waals surface area (Å²) in [5, 5.41) is 2.60. The fourth-order valence-corrected chi connectivity index (χ4v) is 1.94. The Kier molecular flexibility index (Phi) is 3.25. The van der Waals surface area contributed by atoms with Crippen molar-refractivity contribution in [1.82, 2.24) is 0 Å². The summed E-state index contributed by atoms with van der Waals surface area (Å²) in [6, 6.07) is 12.8. The lowest BCUT2D eigenvalue weighted by Crippen LogP contribution is -2.40. The topological polar surface area (TPSA) is 47.6 Å². The quantitative estimate of drug-likeness (QED) is 0.915. The highest BCUT2D eigenvalue weighted by Crippen LogP contribution is 2.31. The zero-order valence-electron chi connectivity index (χ0n) is 10.5. The van der Waals surface area contributed by atoms with Crippen molar-refractivity contribution in [2.24, 2.45) is 0 Å². The summed E-state index contributed by atoms with van der Waals surface area (Å²) in [5.41, 5.74) is 0.387. The van der Waals surface area contributed by atoms with Gasteiger partial charge in [-0.15, -0.1) is 0 Å². The number of anilines is 1. The van der Waals surface area contributed by atoms with Gasteiger partial charge in [0, 0.05) is 5.69 Å². The number of ether oxygens (including phenoxy) is 2. The van der Waals surface area contributed by atoms with Crippen LogP contribution in [0.2, 0.25) is 0 Å². The van der Waals surface area contributed by atoms with Crippen LogP contribution in [-0.4, -0.2) is 18.6 Å². The molecule has 0 spiro atoms. The molecule has 0 saturated heterocycles. The summed E-state index contributed by atoms with van der Waals surface area (Å²) in [5.74, 6) is 0.361. The number of hydrogen-bond donors (Lipinski definition) is 1. The van der Waals surface area contributed by atoms with E-state index in [0.29, 0.717) is 17.2 Å². The van der Waals surface area contributed by atoms with Crippen LogP contribution in [0, 0.1) is 5.82 Å². The number of benzene rings is 2. The van der Waals surface area contributed by atoms with Gasteiger partial charge >= 0.3 is 0 Å². The third-order valence-electron chi connectivity index (χ3n) is 2.89. The Morgan fingerprint density at radius 2 is 1.95 bits per heavy atom. The molecule has 0 saturated carbocycles. The van der Waals surface area contributed by atoms with Gasteiger partial charge in [0.2, 0.25) is 6.10 Å². The van der Waals surface area contributed by atoms with E-state index in [-0.39, 0.29) is 12.5 Å². The van der Waals surface area contributed by atoms with Crippen LogP contribution in [0.5, 0.6) is 11.5 Å². The van der Waals surface area contributed by atoms with Crippen LogP contribution in [0.4, 0.5) is 10.1 Å². The Balaban J connectivity index is 1.70. The predicted octanol–water partition coefficient (Wildman–Crippen LogP) is 2.60. The van der Waals surface area contributed by atoms with E-state index >= 15 is 0 Å². The second kappa shape index (κ2) is 5.21. The first-order valence-electron chi connectivity index (χ1n) is 6.17. The maximum absolute atomic E-state index is 13.0. The van der Waals surface area contributed by atoms with Crippen molar-refractivity contribution < 1.29 is 18.7 Å². The van der Waals surface area contributed by atoms with Crippen molar-refractivity contribution in [3.05, 3.63) is 54.3 Å². The molecular formula is C15H12FNO3. The smallest absolute Gasteiger partial charge is 0.269 e. The summed E-state index contributed by atoms with van der Waals surface area (Å²) in [4.78, 5) is 12.1. The molecule has 3 rings (SSSR count). The number of halogens is 1. The molecule has 1 aliphatic heterocycles. The molecule has 20 heavy (non-hydrogen) atoms. The number of nitrogens with one attached hydrogen (secondary N) is 1. The Labute approximate surface area is 115 Å². The van der Waals surface area contributed by atoms with E-state index in [1.165, 1.54) is 18.2 Å². The monoisotopic (exact) mass is 273 g/mol. The number of amides is 1. The largest absolute Gasteiger partial charge is 0.485 e. The second-order valence-electron chi connectivity index (χ2n) is 4.36. The van der Waals surface area contributed by atoms with Gasteiger partial charge in [0.15, 0.2) is 11.5 Å². The Morgan fingerprint density at radius 3 is 2.75 bits per heavy atom. The van der Waals surface area contributed by atoms with Gasteiger partial charge in [0.1, 0.15) is 12.4 Å². The first-order chi connectivity index (χ1) is 9.72. The summed E-state index contributed by atoms with van der Waals surface area (Å²) >= 11 is 0. The minimum atomic E-state index is -0.756. The van der Waals surface area contributed by atoms with Crippen LogP contribution in [-0.2, 0) is 4.79 Å². The Bertz CT molecular complexity index is 645. The molecular weight excluding hydrogens is 261 g/mol. The molecule has 102 valence electrons. The van der Waals surface area contributed by atoms with Crippen LogP contribution in [0.1, 0.15) is 0 Å². The molecule has 0 fully saturated rings. The highest BCUT2D eigenvalue weighted by Gasteiger charge is 2.27. The molecule has 1 aliphatic rings. The molecule has 0 aromatic heterocycles. The minimum absolute atomic E-state index is 0.123. The van der Waals surface area contributed by atoms with E-state index in [1.54, 1.807) is 24.3 Å². The van der Waals surface area contributed by atoms with E-state index in [4.69, 9.17) is 9.47 Å². The van der Waals surface area contributed by atoms with E-state index < -0.39 is 11.9 Å². The number of carbonyl (C=O) groups excluding carboxylic acids is 1. The molecule has 4 nitrogen and oxygen atoms in total. The van der Waals surface area contributed by atoms with Crippen LogP contribution in [0.3, 0.4) is 0 Å². The van der Waals surface area contributed by atoms with E-state index in [9.17, 15) is 9.18 Å². The van der Waals surface area contributed by atoms with Gasteiger partial charge in [-0.05, 0) is 30.3 Å². The van der Waals surface area contributed by atoms with Crippen molar-refractivity contribution in [1.29, 1.82) is 0 Å². The third-order valence-corrected chi connectivity index (χ3v) is 2.89. The third kappa shape index (κ3) is 2.56. The number of carbonyl (C=O) groups is 1. The average Bonchev–Trinajstić information content (AvgIpc) is 2.47.